The van der Waals surface area contributed by atoms with Crippen LogP contribution in [0.25, 0.3) is 5.65 Å². The Balaban J connectivity index is 1.91. The lowest BCUT2D eigenvalue weighted by Gasteiger charge is -2.18. The molecule has 3 rings (SSSR count). The highest BCUT2D eigenvalue weighted by Crippen LogP contribution is 2.28. The molecule has 9 heteroatoms. The fourth-order valence-electron chi connectivity index (χ4n) is 2.93. The van der Waals surface area contributed by atoms with E-state index in [2.05, 4.69) is 4.98 Å². The maximum absolute atomic E-state index is 12.5. The maximum Gasteiger partial charge on any atom is 0.376 e. The monoisotopic (exact) mass is 384 g/mol. The summed E-state index contributed by atoms with van der Waals surface area (Å²) in [7, 11) is 4.80. The number of rotatable bonds is 7. The van der Waals surface area contributed by atoms with E-state index < -0.39 is 16.2 Å². The van der Waals surface area contributed by atoms with Gasteiger partial charge in [0.25, 0.3) is 0 Å². The van der Waals surface area contributed by atoms with Gasteiger partial charge in [-0.1, -0.05) is 12.1 Å². The summed E-state index contributed by atoms with van der Waals surface area (Å²) in [5.41, 5.74) is 0.0674. The number of benzene rings is 1. The van der Waals surface area contributed by atoms with Crippen molar-refractivity contribution in [1.29, 1.82) is 0 Å². The first-order valence-corrected chi connectivity index (χ1v) is 8.54. The molecular weight excluding hydrogens is 364 g/mol. The molecule has 0 radical (unpaired) electrons. The molecule has 28 heavy (non-hydrogen) atoms. The predicted molar refractivity (Wildman–Crippen MR) is 105 cm³/mol. The van der Waals surface area contributed by atoms with Gasteiger partial charge >= 0.3 is 11.2 Å². The Kier molecular flexibility index (Phi) is 5.44. The Hall–Kier alpha value is -3.62. The molecule has 0 aliphatic carbocycles. The second-order valence-electron chi connectivity index (χ2n) is 6.14. The van der Waals surface area contributed by atoms with Crippen LogP contribution in [0.15, 0.2) is 47.4 Å². The van der Waals surface area contributed by atoms with Crippen LogP contribution >= 0.6 is 0 Å². The summed E-state index contributed by atoms with van der Waals surface area (Å²) in [5.74, 6) is 1.27. The second kappa shape index (κ2) is 7.95. The van der Waals surface area contributed by atoms with Crippen LogP contribution in [-0.2, 0) is 6.42 Å². The molecule has 9 nitrogen and oxygen atoms in total. The summed E-state index contributed by atoms with van der Waals surface area (Å²) in [6.45, 7) is 0.422. The number of methoxy groups -OCH3 is 2. The molecule has 0 atom stereocenters. The van der Waals surface area contributed by atoms with Crippen molar-refractivity contribution in [1.82, 2.24) is 9.38 Å². The lowest BCUT2D eigenvalue weighted by Crippen LogP contribution is -2.28. The molecule has 0 fully saturated rings. The van der Waals surface area contributed by atoms with Gasteiger partial charge in [-0.05, 0) is 36.2 Å². The largest absolute Gasteiger partial charge is 0.493 e. The number of pyridine rings is 1. The van der Waals surface area contributed by atoms with Crippen molar-refractivity contribution < 1.29 is 14.4 Å². The minimum Gasteiger partial charge on any atom is -0.493 e. The highest BCUT2D eigenvalue weighted by Gasteiger charge is 2.26. The zero-order chi connectivity index (χ0) is 20.3. The van der Waals surface area contributed by atoms with Crippen LogP contribution in [0.3, 0.4) is 0 Å². The summed E-state index contributed by atoms with van der Waals surface area (Å²) in [6.07, 6.45) is 2.04. The van der Waals surface area contributed by atoms with Gasteiger partial charge in [-0.15, -0.1) is 0 Å². The maximum atomic E-state index is 12.5. The quantitative estimate of drug-likeness (QED) is 0.455. The molecule has 0 amide bonds. The van der Waals surface area contributed by atoms with Crippen LogP contribution in [0.1, 0.15) is 5.56 Å². The Morgan fingerprint density at radius 1 is 1.18 bits per heavy atom. The van der Waals surface area contributed by atoms with E-state index in [1.54, 1.807) is 50.4 Å². The van der Waals surface area contributed by atoms with Gasteiger partial charge in [-0.2, -0.15) is 0 Å². The molecule has 0 N–H and O–H groups in total. The summed E-state index contributed by atoms with van der Waals surface area (Å²) in [6, 6.07) is 10.5. The van der Waals surface area contributed by atoms with Crippen molar-refractivity contribution in [3.05, 3.63) is 68.6 Å². The molecule has 0 aliphatic heterocycles. The molecule has 146 valence electrons. The number of anilines is 1. The summed E-state index contributed by atoms with van der Waals surface area (Å²) >= 11 is 0. The fourth-order valence-corrected chi connectivity index (χ4v) is 2.93. The average Bonchev–Trinajstić information content (AvgIpc) is 2.71. The molecule has 0 saturated carbocycles. The number of nitrogens with zero attached hydrogens (tertiary/aromatic N) is 4. The van der Waals surface area contributed by atoms with Crippen molar-refractivity contribution in [3.63, 3.8) is 0 Å². The number of nitro groups is 1. The highest BCUT2D eigenvalue weighted by atomic mass is 16.6. The van der Waals surface area contributed by atoms with E-state index in [9.17, 15) is 14.9 Å². The SMILES string of the molecule is COc1ccc(CCN(C)c2nc3ccccn3c(=O)c2[N+](=O)[O-])cc1OC. The van der Waals surface area contributed by atoms with Gasteiger partial charge in [-0.25, -0.2) is 4.98 Å². The lowest BCUT2D eigenvalue weighted by molar-refractivity contribution is -0.385. The van der Waals surface area contributed by atoms with Crippen LogP contribution < -0.4 is 19.9 Å². The predicted octanol–water partition coefficient (Wildman–Crippen LogP) is 2.30. The van der Waals surface area contributed by atoms with Crippen LogP contribution in [0.5, 0.6) is 11.5 Å². The first-order chi connectivity index (χ1) is 13.5. The molecular formula is C19H20N4O5. The molecule has 2 heterocycles. The van der Waals surface area contributed by atoms with Gasteiger partial charge in [0.15, 0.2) is 11.5 Å². The number of hydrogen-bond acceptors (Lipinski definition) is 7. The third kappa shape index (κ3) is 3.59. The molecule has 0 spiro atoms. The molecule has 0 saturated heterocycles. The minimum absolute atomic E-state index is 0.0432. The van der Waals surface area contributed by atoms with Gasteiger partial charge in [0.1, 0.15) is 5.65 Å². The first-order valence-electron chi connectivity index (χ1n) is 8.54. The van der Waals surface area contributed by atoms with Crippen LogP contribution in [0.4, 0.5) is 11.5 Å². The average molecular weight is 384 g/mol. The van der Waals surface area contributed by atoms with Gasteiger partial charge in [-0.3, -0.25) is 19.3 Å². The van der Waals surface area contributed by atoms with Crippen LogP contribution in [0, 0.1) is 10.1 Å². The third-order valence-corrected chi connectivity index (χ3v) is 4.42. The number of ether oxygens (including phenoxy) is 2. The van der Waals surface area contributed by atoms with Crippen molar-refractivity contribution in [2.75, 3.05) is 32.7 Å². The summed E-state index contributed by atoms with van der Waals surface area (Å²) in [5, 5.41) is 11.5. The smallest absolute Gasteiger partial charge is 0.376 e. The van der Waals surface area contributed by atoms with E-state index in [0.717, 1.165) is 5.56 Å². The fraction of sp³-hybridized carbons (Fsp3) is 0.263. The Labute approximate surface area is 160 Å². The number of likely N-dealkylation sites (N-methyl/N-ethyl adjacent to an activating group) is 1. The van der Waals surface area contributed by atoms with Crippen molar-refractivity contribution in [2.24, 2.45) is 0 Å². The first kappa shape index (κ1) is 19.2. The van der Waals surface area contributed by atoms with E-state index >= 15 is 0 Å². The van der Waals surface area contributed by atoms with Crippen molar-refractivity contribution in [3.8, 4) is 11.5 Å². The number of hydrogen-bond donors (Lipinski definition) is 0. The van der Waals surface area contributed by atoms with E-state index in [0.29, 0.717) is 30.1 Å². The van der Waals surface area contributed by atoms with Gasteiger partial charge < -0.3 is 14.4 Å². The van der Waals surface area contributed by atoms with Gasteiger partial charge in [0.05, 0.1) is 19.1 Å². The van der Waals surface area contributed by atoms with Crippen molar-refractivity contribution >= 4 is 17.2 Å². The normalized spacial score (nSPS) is 10.7. The molecule has 0 aliphatic rings. The second-order valence-corrected chi connectivity index (χ2v) is 6.14. The number of fused-ring (bicyclic) bond motifs is 1. The van der Waals surface area contributed by atoms with E-state index in [1.165, 1.54) is 10.6 Å². The zero-order valence-electron chi connectivity index (χ0n) is 15.8. The zero-order valence-corrected chi connectivity index (χ0v) is 15.8. The van der Waals surface area contributed by atoms with Gasteiger partial charge in [0, 0.05) is 19.8 Å². The molecule has 1 aromatic carbocycles. The van der Waals surface area contributed by atoms with Gasteiger partial charge in [0.2, 0.25) is 5.82 Å². The minimum atomic E-state index is -0.705. The Bertz CT molecular complexity index is 1080. The lowest BCUT2D eigenvalue weighted by atomic mass is 10.1. The molecule has 3 aromatic rings. The Morgan fingerprint density at radius 3 is 2.61 bits per heavy atom. The molecule has 0 bridgehead atoms. The standard InChI is InChI=1S/C19H20N4O5/c1-21(11-9-13-7-8-14(27-2)15(12-13)28-3)18-17(23(25)26)19(24)22-10-5-4-6-16(22)20-18/h4-8,10,12H,9,11H2,1-3H3. The molecule has 2 aromatic heterocycles. The summed E-state index contributed by atoms with van der Waals surface area (Å²) in [4.78, 5) is 29.3. The van der Waals surface area contributed by atoms with Crippen LogP contribution in [0.2, 0.25) is 0 Å². The van der Waals surface area contributed by atoms with E-state index in [1.807, 2.05) is 12.1 Å². The van der Waals surface area contributed by atoms with Crippen LogP contribution in [-0.4, -0.2) is 42.1 Å². The highest BCUT2D eigenvalue weighted by molar-refractivity contribution is 5.61. The molecule has 0 unspecified atom stereocenters. The topological polar surface area (TPSA) is 99.2 Å². The van der Waals surface area contributed by atoms with E-state index in [4.69, 9.17) is 9.47 Å². The number of aromatic nitrogens is 2. The van der Waals surface area contributed by atoms with E-state index in [-0.39, 0.29) is 5.82 Å². The summed E-state index contributed by atoms with van der Waals surface area (Å²) < 4.78 is 11.7. The Morgan fingerprint density at radius 2 is 1.93 bits per heavy atom. The van der Waals surface area contributed by atoms with Crippen molar-refractivity contribution in [2.45, 2.75) is 6.42 Å². The third-order valence-electron chi connectivity index (χ3n) is 4.42.